The van der Waals surface area contributed by atoms with Gasteiger partial charge in [-0.2, -0.15) is 0 Å². The summed E-state index contributed by atoms with van der Waals surface area (Å²) < 4.78 is 40.6. The highest BCUT2D eigenvalue weighted by atomic mass is 19.4. The predicted octanol–water partition coefficient (Wildman–Crippen LogP) is 3.51. The molecule has 0 spiro atoms. The molecule has 0 saturated heterocycles. The third-order valence-electron chi connectivity index (χ3n) is 3.05. The fourth-order valence-corrected chi connectivity index (χ4v) is 1.86. The number of ether oxygens (including phenoxy) is 1. The summed E-state index contributed by atoms with van der Waals surface area (Å²) >= 11 is 0. The Bertz CT molecular complexity index is 487. The van der Waals surface area contributed by atoms with Crippen molar-refractivity contribution in [2.24, 2.45) is 5.92 Å². The smallest absolute Gasteiger partial charge is 0.404 e. The normalized spacial score (nSPS) is 16.4. The van der Waals surface area contributed by atoms with Crippen LogP contribution in [0.3, 0.4) is 0 Å². The average molecular weight is 288 g/mol. The molecule has 1 saturated carbocycles. The molecule has 2 amide bonds. The first kappa shape index (κ1) is 14.5. The number of hydrogen-bond acceptors (Lipinski definition) is 2. The Morgan fingerprint density at radius 3 is 2.60 bits per heavy atom. The van der Waals surface area contributed by atoms with E-state index in [-0.39, 0.29) is 11.7 Å². The van der Waals surface area contributed by atoms with Crippen molar-refractivity contribution in [3.8, 4) is 5.75 Å². The fraction of sp³-hybridized carbons (Fsp3) is 0.462. The summed E-state index contributed by atoms with van der Waals surface area (Å²) in [5.74, 6) is 0.0247. The van der Waals surface area contributed by atoms with Gasteiger partial charge in [0, 0.05) is 6.04 Å². The van der Waals surface area contributed by atoms with E-state index in [9.17, 15) is 18.0 Å². The number of amides is 2. The van der Waals surface area contributed by atoms with Gasteiger partial charge in [-0.15, -0.1) is 13.2 Å². The maximum atomic E-state index is 12.2. The molecule has 1 atom stereocenters. The Hall–Kier alpha value is -1.92. The highest BCUT2D eigenvalue weighted by molar-refractivity contribution is 5.91. The number of carbonyl (C=O) groups is 1. The molecule has 0 heterocycles. The van der Waals surface area contributed by atoms with Gasteiger partial charge in [-0.05, 0) is 37.8 Å². The van der Waals surface area contributed by atoms with Gasteiger partial charge in [0.25, 0.3) is 0 Å². The van der Waals surface area contributed by atoms with Crippen LogP contribution in [0.15, 0.2) is 24.3 Å². The van der Waals surface area contributed by atoms with Crippen LogP contribution in [0.4, 0.5) is 23.7 Å². The van der Waals surface area contributed by atoms with Gasteiger partial charge in [0.15, 0.2) is 5.75 Å². The molecule has 7 heteroatoms. The number of hydrogen-bond donors (Lipinski definition) is 2. The molecular formula is C13H15F3N2O2. The summed E-state index contributed by atoms with van der Waals surface area (Å²) in [5, 5.41) is 5.07. The number of benzene rings is 1. The number of para-hydroxylation sites is 2. The van der Waals surface area contributed by atoms with Crippen LogP contribution in [0.25, 0.3) is 0 Å². The molecule has 0 bridgehead atoms. The lowest BCUT2D eigenvalue weighted by Crippen LogP contribution is -2.37. The van der Waals surface area contributed by atoms with Gasteiger partial charge in [-0.1, -0.05) is 12.1 Å². The minimum absolute atomic E-state index is 0.00527. The van der Waals surface area contributed by atoms with E-state index >= 15 is 0 Å². The van der Waals surface area contributed by atoms with Crippen molar-refractivity contribution in [2.75, 3.05) is 5.32 Å². The molecule has 1 aliphatic carbocycles. The maximum absolute atomic E-state index is 12.2. The zero-order valence-corrected chi connectivity index (χ0v) is 10.8. The second-order valence-electron chi connectivity index (χ2n) is 4.77. The number of carbonyl (C=O) groups excluding carboxylic acids is 1. The molecular weight excluding hydrogens is 273 g/mol. The topological polar surface area (TPSA) is 50.4 Å². The van der Waals surface area contributed by atoms with Gasteiger partial charge in [0.1, 0.15) is 0 Å². The summed E-state index contributed by atoms with van der Waals surface area (Å²) in [5.41, 5.74) is -0.0229. The largest absolute Gasteiger partial charge is 0.573 e. The Morgan fingerprint density at radius 1 is 1.35 bits per heavy atom. The summed E-state index contributed by atoms with van der Waals surface area (Å²) in [6, 6.07) is 4.88. The van der Waals surface area contributed by atoms with E-state index in [0.29, 0.717) is 5.92 Å². The van der Waals surface area contributed by atoms with Crippen LogP contribution < -0.4 is 15.4 Å². The minimum Gasteiger partial charge on any atom is -0.404 e. The lowest BCUT2D eigenvalue weighted by atomic mass is 10.2. The van der Waals surface area contributed by atoms with Crippen molar-refractivity contribution < 1.29 is 22.7 Å². The third-order valence-corrected chi connectivity index (χ3v) is 3.05. The summed E-state index contributed by atoms with van der Waals surface area (Å²) in [7, 11) is 0. The lowest BCUT2D eigenvalue weighted by molar-refractivity contribution is -0.274. The Kier molecular flexibility index (Phi) is 4.06. The van der Waals surface area contributed by atoms with Crippen LogP contribution in [0.5, 0.6) is 5.75 Å². The molecule has 1 fully saturated rings. The SMILES string of the molecule is CC(NC(=O)Nc1ccccc1OC(F)(F)F)C1CC1. The van der Waals surface area contributed by atoms with Gasteiger partial charge >= 0.3 is 12.4 Å². The van der Waals surface area contributed by atoms with Crippen molar-refractivity contribution in [1.29, 1.82) is 0 Å². The Balaban J connectivity index is 1.99. The van der Waals surface area contributed by atoms with Crippen LogP contribution in [-0.2, 0) is 0 Å². The molecule has 0 aromatic heterocycles. The van der Waals surface area contributed by atoms with E-state index in [0.717, 1.165) is 18.9 Å². The average Bonchev–Trinajstić information content (AvgIpc) is 3.13. The first-order valence-electron chi connectivity index (χ1n) is 6.27. The molecule has 1 aromatic carbocycles. The van der Waals surface area contributed by atoms with Crippen LogP contribution in [0, 0.1) is 5.92 Å². The van der Waals surface area contributed by atoms with E-state index in [1.807, 2.05) is 6.92 Å². The summed E-state index contributed by atoms with van der Waals surface area (Å²) in [6.07, 6.45) is -2.67. The molecule has 1 aromatic rings. The second-order valence-corrected chi connectivity index (χ2v) is 4.77. The maximum Gasteiger partial charge on any atom is 0.573 e. The second kappa shape index (κ2) is 5.60. The van der Waals surface area contributed by atoms with Gasteiger partial charge in [0.2, 0.25) is 0 Å². The minimum atomic E-state index is -4.80. The van der Waals surface area contributed by atoms with Crippen LogP contribution >= 0.6 is 0 Å². The standard InChI is InChI=1S/C13H15F3N2O2/c1-8(9-6-7-9)17-12(19)18-10-4-2-3-5-11(10)20-13(14,15)16/h2-5,8-9H,6-7H2,1H3,(H2,17,18,19). The molecule has 110 valence electrons. The quantitative estimate of drug-likeness (QED) is 0.890. The highest BCUT2D eigenvalue weighted by Gasteiger charge is 2.32. The predicted molar refractivity (Wildman–Crippen MR) is 67.5 cm³/mol. The van der Waals surface area contributed by atoms with Gasteiger partial charge in [-0.25, -0.2) is 4.79 Å². The summed E-state index contributed by atoms with van der Waals surface area (Å²) in [6.45, 7) is 1.87. The molecule has 0 radical (unpaired) electrons. The van der Waals surface area contributed by atoms with Gasteiger partial charge < -0.3 is 15.4 Å². The number of halogens is 3. The van der Waals surface area contributed by atoms with Crippen LogP contribution in [-0.4, -0.2) is 18.4 Å². The molecule has 1 aliphatic rings. The first-order valence-corrected chi connectivity index (χ1v) is 6.27. The zero-order valence-electron chi connectivity index (χ0n) is 10.8. The number of nitrogens with one attached hydrogen (secondary N) is 2. The monoisotopic (exact) mass is 288 g/mol. The molecule has 4 nitrogen and oxygen atoms in total. The van der Waals surface area contributed by atoms with E-state index in [1.165, 1.54) is 18.2 Å². The van der Waals surface area contributed by atoms with Gasteiger partial charge in [-0.3, -0.25) is 0 Å². The van der Waals surface area contributed by atoms with Crippen molar-refractivity contribution in [1.82, 2.24) is 5.32 Å². The lowest BCUT2D eigenvalue weighted by Gasteiger charge is -2.16. The Morgan fingerprint density at radius 2 is 2.00 bits per heavy atom. The number of alkyl halides is 3. The van der Waals surface area contributed by atoms with Gasteiger partial charge in [0.05, 0.1) is 5.69 Å². The molecule has 0 aliphatic heterocycles. The zero-order chi connectivity index (χ0) is 14.8. The first-order chi connectivity index (χ1) is 9.35. The number of anilines is 1. The van der Waals surface area contributed by atoms with E-state index < -0.39 is 18.1 Å². The fourth-order valence-electron chi connectivity index (χ4n) is 1.86. The van der Waals surface area contributed by atoms with Crippen LogP contribution in [0.2, 0.25) is 0 Å². The molecule has 2 N–H and O–H groups in total. The van der Waals surface area contributed by atoms with Crippen molar-refractivity contribution >= 4 is 11.7 Å². The van der Waals surface area contributed by atoms with Crippen LogP contribution in [0.1, 0.15) is 19.8 Å². The molecule has 20 heavy (non-hydrogen) atoms. The van der Waals surface area contributed by atoms with E-state index in [2.05, 4.69) is 15.4 Å². The molecule has 1 unspecified atom stereocenters. The van der Waals surface area contributed by atoms with Crippen molar-refractivity contribution in [3.05, 3.63) is 24.3 Å². The third kappa shape index (κ3) is 4.32. The van der Waals surface area contributed by atoms with Crippen molar-refractivity contribution in [2.45, 2.75) is 32.2 Å². The number of rotatable bonds is 4. The Labute approximate surface area is 114 Å². The summed E-state index contributed by atoms with van der Waals surface area (Å²) in [4.78, 5) is 11.7. The van der Waals surface area contributed by atoms with E-state index in [4.69, 9.17) is 0 Å². The van der Waals surface area contributed by atoms with E-state index in [1.54, 1.807) is 0 Å². The highest BCUT2D eigenvalue weighted by Crippen LogP contribution is 2.33. The molecule has 2 rings (SSSR count). The van der Waals surface area contributed by atoms with Crippen molar-refractivity contribution in [3.63, 3.8) is 0 Å². The number of urea groups is 1.